The Morgan fingerprint density at radius 2 is 2.43 bits per heavy atom. The second-order valence-corrected chi connectivity index (χ2v) is 6.32. The predicted octanol–water partition coefficient (Wildman–Crippen LogP) is 3.03. The molecule has 1 unspecified atom stereocenters. The zero-order valence-electron chi connectivity index (χ0n) is 11.9. The zero-order chi connectivity index (χ0) is 14.7. The number of carbonyl (C=O) groups is 1. The molecule has 1 amide bonds. The first-order valence-electron chi connectivity index (χ1n) is 7.07. The topological polar surface area (TPSA) is 54.4 Å². The lowest BCUT2D eigenvalue weighted by atomic mass is 9.88. The summed E-state index contributed by atoms with van der Waals surface area (Å²) in [6.45, 7) is 2.26. The molecule has 3 rings (SSSR count). The van der Waals surface area contributed by atoms with Gasteiger partial charge in [-0.3, -0.25) is 9.78 Å². The number of amides is 1. The van der Waals surface area contributed by atoms with E-state index in [0.29, 0.717) is 5.92 Å². The van der Waals surface area contributed by atoms with Crippen molar-refractivity contribution in [2.45, 2.75) is 26.2 Å². The smallest absolute Gasteiger partial charge is 0.267 e. The first kappa shape index (κ1) is 13.9. The average molecular weight is 299 g/mol. The second-order valence-electron chi connectivity index (χ2n) is 5.35. The molecular formula is C16H17N3OS. The van der Waals surface area contributed by atoms with E-state index in [1.807, 2.05) is 23.6 Å². The molecule has 21 heavy (non-hydrogen) atoms. The average Bonchev–Trinajstić information content (AvgIpc) is 2.91. The van der Waals surface area contributed by atoms with Crippen LogP contribution < -0.4 is 5.43 Å². The molecule has 0 bridgehead atoms. The van der Waals surface area contributed by atoms with E-state index in [2.05, 4.69) is 22.4 Å². The largest absolute Gasteiger partial charge is 0.272 e. The van der Waals surface area contributed by atoms with Crippen LogP contribution in [0, 0.1) is 5.92 Å². The van der Waals surface area contributed by atoms with Gasteiger partial charge in [0, 0.05) is 16.5 Å². The summed E-state index contributed by atoms with van der Waals surface area (Å²) in [6, 6.07) is 5.56. The number of nitrogens with one attached hydrogen (secondary N) is 1. The maximum atomic E-state index is 12.2. The summed E-state index contributed by atoms with van der Waals surface area (Å²) in [5.41, 5.74) is 5.30. The third kappa shape index (κ3) is 3.19. The highest BCUT2D eigenvalue weighted by molar-refractivity contribution is 7.10. The lowest BCUT2D eigenvalue weighted by Crippen LogP contribution is -2.20. The summed E-state index contributed by atoms with van der Waals surface area (Å²) in [4.78, 5) is 17.7. The maximum absolute atomic E-state index is 12.2. The molecule has 1 aliphatic carbocycles. The normalized spacial score (nSPS) is 17.7. The number of hydrogen-bond acceptors (Lipinski definition) is 4. The van der Waals surface area contributed by atoms with Gasteiger partial charge in [-0.1, -0.05) is 13.0 Å². The van der Waals surface area contributed by atoms with Gasteiger partial charge in [0.2, 0.25) is 0 Å². The zero-order valence-corrected chi connectivity index (χ0v) is 12.7. The van der Waals surface area contributed by atoms with E-state index in [4.69, 9.17) is 0 Å². The molecule has 1 N–H and O–H groups in total. The summed E-state index contributed by atoms with van der Waals surface area (Å²) in [5, 5.41) is 5.93. The van der Waals surface area contributed by atoms with Crippen LogP contribution in [0.25, 0.3) is 0 Å². The van der Waals surface area contributed by atoms with Crippen LogP contribution in [-0.2, 0) is 12.8 Å². The Hall–Kier alpha value is -2.01. The summed E-state index contributed by atoms with van der Waals surface area (Å²) in [6.07, 6.45) is 6.48. The molecule has 0 spiro atoms. The van der Waals surface area contributed by atoms with Crippen molar-refractivity contribution in [1.29, 1.82) is 0 Å². The van der Waals surface area contributed by atoms with Gasteiger partial charge >= 0.3 is 0 Å². The molecule has 2 aromatic rings. The Balaban J connectivity index is 1.68. The molecule has 0 aliphatic heterocycles. The summed E-state index contributed by atoms with van der Waals surface area (Å²) in [5.74, 6) is 0.587. The van der Waals surface area contributed by atoms with Crippen molar-refractivity contribution in [3.63, 3.8) is 0 Å². The van der Waals surface area contributed by atoms with Crippen LogP contribution in [0.4, 0.5) is 0 Å². The molecule has 2 heterocycles. The predicted molar refractivity (Wildman–Crippen MR) is 84.8 cm³/mol. The molecular weight excluding hydrogens is 282 g/mol. The number of fused-ring (bicyclic) bond motifs is 1. The summed E-state index contributed by atoms with van der Waals surface area (Å²) in [7, 11) is 0. The molecule has 0 fully saturated rings. The van der Waals surface area contributed by atoms with Crippen molar-refractivity contribution in [1.82, 2.24) is 10.4 Å². The molecule has 0 aromatic carbocycles. The lowest BCUT2D eigenvalue weighted by Gasteiger charge is -2.18. The van der Waals surface area contributed by atoms with Crippen LogP contribution in [0.15, 0.2) is 34.9 Å². The van der Waals surface area contributed by atoms with Crippen molar-refractivity contribution in [3.8, 4) is 0 Å². The Morgan fingerprint density at radius 3 is 3.24 bits per heavy atom. The molecule has 108 valence electrons. The van der Waals surface area contributed by atoms with Crippen molar-refractivity contribution < 1.29 is 4.79 Å². The third-order valence-corrected chi connectivity index (χ3v) is 4.75. The van der Waals surface area contributed by atoms with E-state index in [1.54, 1.807) is 23.7 Å². The first-order valence-corrected chi connectivity index (χ1v) is 7.95. The lowest BCUT2D eigenvalue weighted by molar-refractivity contribution is 0.0954. The third-order valence-electron chi connectivity index (χ3n) is 3.70. The Kier molecular flexibility index (Phi) is 4.10. The number of nitrogens with zero attached hydrogens (tertiary/aromatic N) is 2. The van der Waals surface area contributed by atoms with Gasteiger partial charge in [-0.25, -0.2) is 5.43 Å². The van der Waals surface area contributed by atoms with E-state index in [0.717, 1.165) is 30.5 Å². The summed E-state index contributed by atoms with van der Waals surface area (Å²) < 4.78 is 0. The van der Waals surface area contributed by atoms with Crippen LogP contribution in [0.2, 0.25) is 0 Å². The molecule has 1 aliphatic rings. The Morgan fingerprint density at radius 1 is 1.52 bits per heavy atom. The van der Waals surface area contributed by atoms with Crippen LogP contribution in [-0.4, -0.2) is 17.1 Å². The van der Waals surface area contributed by atoms with Gasteiger partial charge in [-0.2, -0.15) is 5.10 Å². The quantitative estimate of drug-likeness (QED) is 0.699. The number of rotatable bonds is 3. The van der Waals surface area contributed by atoms with Crippen molar-refractivity contribution >= 4 is 23.5 Å². The number of hydrazone groups is 1. The van der Waals surface area contributed by atoms with E-state index < -0.39 is 0 Å². The first-order chi connectivity index (χ1) is 10.2. The minimum absolute atomic E-state index is 0.130. The summed E-state index contributed by atoms with van der Waals surface area (Å²) >= 11 is 1.69. The van der Waals surface area contributed by atoms with Crippen LogP contribution in [0.3, 0.4) is 0 Å². The van der Waals surface area contributed by atoms with Gasteiger partial charge in [0.25, 0.3) is 5.91 Å². The van der Waals surface area contributed by atoms with Gasteiger partial charge in [0.05, 0.1) is 17.5 Å². The van der Waals surface area contributed by atoms with Crippen LogP contribution in [0.1, 0.15) is 39.8 Å². The fourth-order valence-electron chi connectivity index (χ4n) is 2.54. The highest BCUT2D eigenvalue weighted by Gasteiger charge is 2.22. The highest BCUT2D eigenvalue weighted by Crippen LogP contribution is 2.32. The van der Waals surface area contributed by atoms with Gasteiger partial charge in [0.15, 0.2) is 0 Å². The number of carbonyl (C=O) groups excluding carboxylic acids is 1. The molecule has 0 radical (unpaired) electrons. The fraction of sp³-hybridized carbons (Fsp3) is 0.312. The van der Waals surface area contributed by atoms with E-state index in [1.165, 1.54) is 10.4 Å². The number of hydrogen-bond donors (Lipinski definition) is 1. The molecule has 5 heteroatoms. The van der Waals surface area contributed by atoms with E-state index >= 15 is 0 Å². The van der Waals surface area contributed by atoms with Gasteiger partial charge in [0.1, 0.15) is 0 Å². The fourth-order valence-corrected chi connectivity index (χ4v) is 3.78. The van der Waals surface area contributed by atoms with E-state index in [-0.39, 0.29) is 5.91 Å². The van der Waals surface area contributed by atoms with Crippen molar-refractivity contribution in [2.24, 2.45) is 11.0 Å². The van der Waals surface area contributed by atoms with Crippen LogP contribution >= 0.6 is 11.3 Å². The monoisotopic (exact) mass is 299 g/mol. The highest BCUT2D eigenvalue weighted by atomic mass is 32.1. The molecule has 4 nitrogen and oxygen atoms in total. The minimum atomic E-state index is -0.130. The van der Waals surface area contributed by atoms with Crippen molar-refractivity contribution in [2.75, 3.05) is 0 Å². The molecule has 0 saturated heterocycles. The number of pyridine rings is 1. The Bertz CT molecular complexity index is 663. The van der Waals surface area contributed by atoms with Gasteiger partial charge in [-0.05, 0) is 42.9 Å². The van der Waals surface area contributed by atoms with E-state index in [9.17, 15) is 4.79 Å². The maximum Gasteiger partial charge on any atom is 0.272 e. The van der Waals surface area contributed by atoms with Crippen LogP contribution in [0.5, 0.6) is 0 Å². The molecule has 2 aromatic heterocycles. The SMILES string of the molecule is CC1CCc2c(C(=O)NN=Cc3ccccn3)csc2C1. The number of thiophene rings is 1. The van der Waals surface area contributed by atoms with Crippen molar-refractivity contribution in [3.05, 3.63) is 51.5 Å². The second kappa shape index (κ2) is 6.18. The van der Waals surface area contributed by atoms with Gasteiger partial charge in [-0.15, -0.1) is 11.3 Å². The Labute approximate surface area is 127 Å². The minimum Gasteiger partial charge on any atom is -0.267 e. The van der Waals surface area contributed by atoms with Gasteiger partial charge < -0.3 is 0 Å². The number of aromatic nitrogens is 1. The molecule has 0 saturated carbocycles. The standard InChI is InChI=1S/C16H17N3OS/c1-11-5-6-13-14(10-21-15(13)8-11)16(20)19-18-9-12-4-2-3-7-17-12/h2-4,7,9-11H,5-6,8H2,1H3,(H,19,20). The molecule has 1 atom stereocenters.